The Balaban J connectivity index is 1.27. The van der Waals surface area contributed by atoms with Gasteiger partial charge in [0.05, 0.1) is 36.7 Å². The summed E-state index contributed by atoms with van der Waals surface area (Å²) in [4.78, 5) is 29.4. The highest BCUT2D eigenvalue weighted by Gasteiger charge is 2.41. The smallest absolute Gasteiger partial charge is 0.251 e. The second kappa shape index (κ2) is 11.7. The van der Waals surface area contributed by atoms with Crippen molar-refractivity contribution < 1.29 is 29.0 Å². The van der Waals surface area contributed by atoms with Gasteiger partial charge in [0.15, 0.2) is 0 Å². The molecule has 4 N–H and O–H groups in total. The topological polar surface area (TPSA) is 131 Å². The molecule has 2 amide bonds. The maximum atomic E-state index is 13.0. The fraction of sp³-hybridized carbons (Fsp3) is 0.414. The van der Waals surface area contributed by atoms with Crippen LogP contribution in [0, 0.1) is 0 Å². The highest BCUT2D eigenvalue weighted by molar-refractivity contribution is 5.95. The van der Waals surface area contributed by atoms with Crippen LogP contribution >= 0.6 is 0 Å². The molecule has 3 atom stereocenters. The summed E-state index contributed by atoms with van der Waals surface area (Å²) in [5.41, 5.74) is 2.60. The zero-order valence-electron chi connectivity index (χ0n) is 21.9. The first-order valence-electron chi connectivity index (χ1n) is 13.2. The maximum Gasteiger partial charge on any atom is 0.251 e. The molecule has 1 aromatic heterocycles. The van der Waals surface area contributed by atoms with Gasteiger partial charge in [-0.05, 0) is 61.7 Å². The average Bonchev–Trinajstić information content (AvgIpc) is 2.97. The summed E-state index contributed by atoms with van der Waals surface area (Å²) in [6.07, 6.45) is 3.03. The first-order valence-corrected chi connectivity index (χ1v) is 13.2. The van der Waals surface area contributed by atoms with Gasteiger partial charge in [-0.15, -0.1) is 0 Å². The lowest BCUT2D eigenvalue weighted by Crippen LogP contribution is -2.56. The summed E-state index contributed by atoms with van der Waals surface area (Å²) in [6.45, 7) is 4.40. The van der Waals surface area contributed by atoms with Crippen LogP contribution in [0.2, 0.25) is 0 Å². The van der Waals surface area contributed by atoms with Gasteiger partial charge in [0.1, 0.15) is 18.0 Å². The average molecular weight is 535 g/mol. The number of amides is 2. The van der Waals surface area contributed by atoms with Gasteiger partial charge >= 0.3 is 0 Å². The number of para-hydroxylation sites is 1. The molecule has 2 aliphatic heterocycles. The zero-order chi connectivity index (χ0) is 27.3. The van der Waals surface area contributed by atoms with Crippen LogP contribution in [0.5, 0.6) is 5.75 Å². The molecule has 3 heterocycles. The summed E-state index contributed by atoms with van der Waals surface area (Å²) in [5, 5.41) is 16.6. The number of carbonyl (C=O) groups is 2. The fourth-order valence-electron chi connectivity index (χ4n) is 5.44. The number of benzene rings is 2. The fourth-order valence-corrected chi connectivity index (χ4v) is 5.44. The zero-order valence-corrected chi connectivity index (χ0v) is 21.9. The predicted octanol–water partition coefficient (Wildman–Crippen LogP) is 2.91. The van der Waals surface area contributed by atoms with Crippen LogP contribution in [0.15, 0.2) is 60.8 Å². The minimum absolute atomic E-state index is 0.0724. The Morgan fingerprint density at radius 2 is 1.97 bits per heavy atom. The van der Waals surface area contributed by atoms with Crippen LogP contribution in [0.4, 0.5) is 0 Å². The second-order valence-corrected chi connectivity index (χ2v) is 10.4. The summed E-state index contributed by atoms with van der Waals surface area (Å²) in [5.74, 6) is -0.291. The minimum atomic E-state index is -0.872. The van der Waals surface area contributed by atoms with Crippen LogP contribution in [0.3, 0.4) is 0 Å². The first-order chi connectivity index (χ1) is 18.9. The third-order valence-corrected chi connectivity index (χ3v) is 7.45. The highest BCUT2D eigenvalue weighted by Crippen LogP contribution is 2.35. The van der Waals surface area contributed by atoms with Crippen molar-refractivity contribution in [2.75, 3.05) is 33.0 Å². The predicted molar refractivity (Wildman–Crippen MR) is 144 cm³/mol. The van der Waals surface area contributed by atoms with Crippen LogP contribution in [-0.2, 0) is 14.3 Å². The molecule has 206 valence electrons. The summed E-state index contributed by atoms with van der Waals surface area (Å²) < 4.78 is 18.0. The normalized spacial score (nSPS) is 25.1. The van der Waals surface area contributed by atoms with Crippen LogP contribution < -0.4 is 20.9 Å². The molecule has 0 saturated carbocycles. The molecule has 10 nitrogen and oxygen atoms in total. The number of carbonyl (C=O) groups excluding carboxylic acids is 2. The second-order valence-electron chi connectivity index (χ2n) is 10.4. The molecular formula is C29H34N4O6. The molecule has 2 aromatic carbocycles. The number of ether oxygens (including phenoxy) is 3. The van der Waals surface area contributed by atoms with Gasteiger partial charge in [0, 0.05) is 30.3 Å². The number of hydroxylamine groups is 1. The lowest BCUT2D eigenvalue weighted by atomic mass is 9.87. The van der Waals surface area contributed by atoms with E-state index in [2.05, 4.69) is 21.7 Å². The standard InChI is InChI=1S/C29H34N4O6/c1-28(26(31-14-16-39-28)23-11-13-30-24-6-3-2-5-22(23)24)18-38-21-9-7-20(8-10-21)27(35)32-29(17-25(34)33-36)12-4-15-37-19-29/h2-3,5-11,13,26,31,36H,4,12,14-19H2,1H3,(H,32,35)(H,33,34)/t26?,28?,29-/m1/s1. The Hall–Kier alpha value is -3.57. The Morgan fingerprint density at radius 1 is 1.15 bits per heavy atom. The lowest BCUT2D eigenvalue weighted by Gasteiger charge is -2.42. The van der Waals surface area contributed by atoms with E-state index in [1.54, 1.807) is 29.7 Å². The number of hydrogen-bond donors (Lipinski definition) is 4. The number of fused-ring (bicyclic) bond motifs is 1. The van der Waals surface area contributed by atoms with E-state index in [1.165, 1.54) is 0 Å². The number of morpholine rings is 1. The highest BCUT2D eigenvalue weighted by atomic mass is 16.5. The van der Waals surface area contributed by atoms with E-state index in [9.17, 15) is 9.59 Å². The van der Waals surface area contributed by atoms with Gasteiger partial charge in [-0.25, -0.2) is 5.48 Å². The Kier molecular flexibility index (Phi) is 8.08. The van der Waals surface area contributed by atoms with E-state index >= 15 is 0 Å². The molecule has 39 heavy (non-hydrogen) atoms. The van der Waals surface area contributed by atoms with E-state index < -0.39 is 17.0 Å². The van der Waals surface area contributed by atoms with E-state index in [1.807, 2.05) is 37.4 Å². The number of aromatic nitrogens is 1. The van der Waals surface area contributed by atoms with Gasteiger partial charge in [-0.1, -0.05) is 18.2 Å². The van der Waals surface area contributed by atoms with Gasteiger partial charge < -0.3 is 24.8 Å². The summed E-state index contributed by atoms with van der Waals surface area (Å²) >= 11 is 0. The van der Waals surface area contributed by atoms with Crippen molar-refractivity contribution in [3.8, 4) is 5.75 Å². The first kappa shape index (κ1) is 27.0. The molecule has 2 saturated heterocycles. The van der Waals surface area contributed by atoms with Gasteiger partial charge in [-0.3, -0.25) is 19.8 Å². The van der Waals surface area contributed by atoms with E-state index in [0.717, 1.165) is 23.0 Å². The Labute approximate surface area is 227 Å². The number of nitrogens with zero attached hydrogens (tertiary/aromatic N) is 1. The molecule has 10 heteroatoms. The monoisotopic (exact) mass is 534 g/mol. The molecule has 2 aliphatic rings. The molecular weight excluding hydrogens is 500 g/mol. The molecule has 2 unspecified atom stereocenters. The quantitative estimate of drug-likeness (QED) is 0.256. The van der Waals surface area contributed by atoms with Crippen molar-refractivity contribution in [3.05, 3.63) is 71.9 Å². The molecule has 5 rings (SSSR count). The van der Waals surface area contributed by atoms with E-state index in [0.29, 0.717) is 44.0 Å². The molecule has 0 bridgehead atoms. The third kappa shape index (κ3) is 6.04. The summed E-state index contributed by atoms with van der Waals surface area (Å²) in [7, 11) is 0. The van der Waals surface area contributed by atoms with Crippen molar-refractivity contribution in [2.24, 2.45) is 0 Å². The summed E-state index contributed by atoms with van der Waals surface area (Å²) in [6, 6.07) is 16.8. The molecule has 0 radical (unpaired) electrons. The van der Waals surface area contributed by atoms with Crippen LogP contribution in [-0.4, -0.2) is 66.1 Å². The van der Waals surface area contributed by atoms with Crippen molar-refractivity contribution in [2.45, 2.75) is 43.4 Å². The lowest BCUT2D eigenvalue weighted by molar-refractivity contribution is -0.132. The van der Waals surface area contributed by atoms with Gasteiger partial charge in [0.25, 0.3) is 5.91 Å². The van der Waals surface area contributed by atoms with Crippen molar-refractivity contribution in [3.63, 3.8) is 0 Å². The van der Waals surface area contributed by atoms with Crippen molar-refractivity contribution in [1.82, 2.24) is 21.1 Å². The van der Waals surface area contributed by atoms with Gasteiger partial charge in [0.2, 0.25) is 5.91 Å². The number of rotatable bonds is 8. The van der Waals surface area contributed by atoms with E-state index in [4.69, 9.17) is 19.4 Å². The molecule has 0 spiro atoms. The van der Waals surface area contributed by atoms with Crippen LogP contribution in [0.1, 0.15) is 48.1 Å². The Bertz CT molecular complexity index is 1310. The molecule has 3 aromatic rings. The van der Waals surface area contributed by atoms with Crippen molar-refractivity contribution in [1.29, 1.82) is 0 Å². The SMILES string of the molecule is CC1(COc2ccc(C(=O)N[C@@]3(CC(=O)NO)CCCOC3)cc2)OCCNC1c1ccnc2ccccc12. The minimum Gasteiger partial charge on any atom is -0.491 e. The third-order valence-electron chi connectivity index (χ3n) is 7.45. The molecule has 0 aliphatic carbocycles. The van der Waals surface area contributed by atoms with Gasteiger partial charge in [-0.2, -0.15) is 0 Å². The maximum absolute atomic E-state index is 13.0. The molecule has 2 fully saturated rings. The number of nitrogens with one attached hydrogen (secondary N) is 3. The largest absolute Gasteiger partial charge is 0.491 e. The van der Waals surface area contributed by atoms with E-state index in [-0.39, 0.29) is 25.0 Å². The Morgan fingerprint density at radius 3 is 2.74 bits per heavy atom. The van der Waals surface area contributed by atoms with Crippen molar-refractivity contribution >= 4 is 22.7 Å². The number of pyridine rings is 1. The number of hydrogen-bond acceptors (Lipinski definition) is 8. The van der Waals surface area contributed by atoms with Crippen LogP contribution in [0.25, 0.3) is 10.9 Å².